The summed E-state index contributed by atoms with van der Waals surface area (Å²) in [6.45, 7) is 0.0921. The van der Waals surface area contributed by atoms with E-state index in [0.29, 0.717) is 6.04 Å². The number of ether oxygens (including phenoxy) is 1. The number of benzene rings is 2. The average molecular weight is 269 g/mol. The predicted octanol–water partition coefficient (Wildman–Crippen LogP) is 3.28. The van der Waals surface area contributed by atoms with E-state index in [-0.39, 0.29) is 12.5 Å². The normalized spacial score (nSPS) is 15.4. The lowest BCUT2D eigenvalue weighted by molar-refractivity contribution is -0.123. The summed E-state index contributed by atoms with van der Waals surface area (Å²) in [6, 6.07) is 14.4. The molecule has 0 aromatic heterocycles. The molecule has 0 heterocycles. The fourth-order valence-electron chi connectivity index (χ4n) is 2.75. The van der Waals surface area contributed by atoms with Gasteiger partial charge in [-0.2, -0.15) is 0 Å². The molecule has 1 aliphatic carbocycles. The van der Waals surface area contributed by atoms with E-state index in [2.05, 4.69) is 11.4 Å². The SMILES string of the molecule is O=C(COc1ccc2ccccc2c1)NC1CCCC1. The molecule has 0 saturated heterocycles. The average Bonchev–Trinajstić information content (AvgIpc) is 2.98. The van der Waals surface area contributed by atoms with Crippen molar-refractivity contribution >= 4 is 16.7 Å². The summed E-state index contributed by atoms with van der Waals surface area (Å²) in [5, 5.41) is 5.32. The largest absolute Gasteiger partial charge is 0.484 e. The summed E-state index contributed by atoms with van der Waals surface area (Å²) < 4.78 is 5.57. The highest BCUT2D eigenvalue weighted by molar-refractivity contribution is 5.84. The molecular formula is C17H19NO2. The topological polar surface area (TPSA) is 38.3 Å². The Hall–Kier alpha value is -2.03. The van der Waals surface area contributed by atoms with Crippen LogP contribution in [-0.2, 0) is 4.79 Å². The Balaban J connectivity index is 1.57. The quantitative estimate of drug-likeness (QED) is 0.925. The van der Waals surface area contributed by atoms with Gasteiger partial charge in [0, 0.05) is 6.04 Å². The van der Waals surface area contributed by atoms with Crippen molar-refractivity contribution in [2.24, 2.45) is 0 Å². The Morgan fingerprint density at radius 2 is 1.85 bits per heavy atom. The van der Waals surface area contributed by atoms with Gasteiger partial charge in [0.05, 0.1) is 0 Å². The van der Waals surface area contributed by atoms with Gasteiger partial charge >= 0.3 is 0 Å². The van der Waals surface area contributed by atoms with Gasteiger partial charge in [-0.05, 0) is 35.7 Å². The lowest BCUT2D eigenvalue weighted by Crippen LogP contribution is -2.36. The molecule has 3 heteroatoms. The molecule has 3 rings (SSSR count). The molecule has 0 radical (unpaired) electrons. The number of nitrogens with one attached hydrogen (secondary N) is 1. The predicted molar refractivity (Wildman–Crippen MR) is 79.8 cm³/mol. The first-order chi connectivity index (χ1) is 9.81. The molecule has 1 aliphatic rings. The van der Waals surface area contributed by atoms with Gasteiger partial charge in [-0.15, -0.1) is 0 Å². The molecule has 1 fully saturated rings. The summed E-state index contributed by atoms with van der Waals surface area (Å²) in [5.41, 5.74) is 0. The van der Waals surface area contributed by atoms with Gasteiger partial charge in [0.15, 0.2) is 6.61 Å². The van der Waals surface area contributed by atoms with E-state index in [1.807, 2.05) is 36.4 Å². The second-order valence-electron chi connectivity index (χ2n) is 5.35. The zero-order valence-electron chi connectivity index (χ0n) is 11.5. The fourth-order valence-corrected chi connectivity index (χ4v) is 2.75. The maximum Gasteiger partial charge on any atom is 0.258 e. The zero-order chi connectivity index (χ0) is 13.8. The first kappa shape index (κ1) is 13.0. The highest BCUT2D eigenvalue weighted by Crippen LogP contribution is 2.21. The third-order valence-corrected chi connectivity index (χ3v) is 3.81. The lowest BCUT2D eigenvalue weighted by atomic mass is 10.1. The monoisotopic (exact) mass is 269 g/mol. The molecule has 2 aromatic carbocycles. The summed E-state index contributed by atoms with van der Waals surface area (Å²) in [4.78, 5) is 11.8. The van der Waals surface area contributed by atoms with Crippen LogP contribution in [0.25, 0.3) is 10.8 Å². The minimum atomic E-state index is -0.0231. The van der Waals surface area contributed by atoms with Crippen molar-refractivity contribution < 1.29 is 9.53 Å². The number of hydrogen-bond donors (Lipinski definition) is 1. The van der Waals surface area contributed by atoms with E-state index in [9.17, 15) is 4.79 Å². The maximum absolute atomic E-state index is 11.8. The van der Waals surface area contributed by atoms with Gasteiger partial charge in [0.1, 0.15) is 5.75 Å². The number of rotatable bonds is 4. The van der Waals surface area contributed by atoms with Crippen LogP contribution < -0.4 is 10.1 Å². The maximum atomic E-state index is 11.8. The van der Waals surface area contributed by atoms with E-state index >= 15 is 0 Å². The third kappa shape index (κ3) is 3.10. The minimum Gasteiger partial charge on any atom is -0.484 e. The van der Waals surface area contributed by atoms with Crippen molar-refractivity contribution in [2.75, 3.05) is 6.61 Å². The molecule has 104 valence electrons. The van der Waals surface area contributed by atoms with Crippen molar-refractivity contribution in [2.45, 2.75) is 31.7 Å². The Bertz CT molecular complexity index is 603. The molecule has 0 unspecified atom stereocenters. The zero-order valence-corrected chi connectivity index (χ0v) is 11.5. The number of amides is 1. The third-order valence-electron chi connectivity index (χ3n) is 3.81. The molecular weight excluding hydrogens is 250 g/mol. The van der Waals surface area contributed by atoms with Crippen molar-refractivity contribution in [3.8, 4) is 5.75 Å². The van der Waals surface area contributed by atoms with Crippen LogP contribution in [0.3, 0.4) is 0 Å². The first-order valence-corrected chi connectivity index (χ1v) is 7.22. The highest BCUT2D eigenvalue weighted by Gasteiger charge is 2.17. The molecule has 2 aromatic rings. The van der Waals surface area contributed by atoms with Crippen LogP contribution in [0.5, 0.6) is 5.75 Å². The Kier molecular flexibility index (Phi) is 3.86. The van der Waals surface area contributed by atoms with Gasteiger partial charge < -0.3 is 10.1 Å². The van der Waals surface area contributed by atoms with Crippen LogP contribution >= 0.6 is 0 Å². The Morgan fingerprint density at radius 3 is 2.65 bits per heavy atom. The van der Waals surface area contributed by atoms with Crippen LogP contribution in [0.2, 0.25) is 0 Å². The molecule has 0 spiro atoms. The number of carbonyl (C=O) groups excluding carboxylic acids is 1. The number of carbonyl (C=O) groups is 1. The van der Waals surface area contributed by atoms with Crippen LogP contribution in [0.15, 0.2) is 42.5 Å². The van der Waals surface area contributed by atoms with Gasteiger partial charge in [-0.25, -0.2) is 0 Å². The molecule has 1 amide bonds. The van der Waals surface area contributed by atoms with Crippen LogP contribution in [0.4, 0.5) is 0 Å². The van der Waals surface area contributed by atoms with E-state index < -0.39 is 0 Å². The van der Waals surface area contributed by atoms with Crippen LogP contribution in [0.1, 0.15) is 25.7 Å². The minimum absolute atomic E-state index is 0.0231. The van der Waals surface area contributed by atoms with Crippen LogP contribution in [0, 0.1) is 0 Å². The van der Waals surface area contributed by atoms with Gasteiger partial charge in [-0.1, -0.05) is 43.2 Å². The van der Waals surface area contributed by atoms with E-state index in [4.69, 9.17) is 4.74 Å². The number of fused-ring (bicyclic) bond motifs is 1. The van der Waals surface area contributed by atoms with Crippen molar-refractivity contribution in [3.05, 3.63) is 42.5 Å². The lowest BCUT2D eigenvalue weighted by Gasteiger charge is -2.12. The second-order valence-corrected chi connectivity index (χ2v) is 5.35. The fraction of sp³-hybridized carbons (Fsp3) is 0.353. The number of hydrogen-bond acceptors (Lipinski definition) is 2. The summed E-state index contributed by atoms with van der Waals surface area (Å²) in [7, 11) is 0. The van der Waals surface area contributed by atoms with Crippen molar-refractivity contribution in [1.82, 2.24) is 5.32 Å². The van der Waals surface area contributed by atoms with E-state index in [0.717, 1.165) is 24.0 Å². The van der Waals surface area contributed by atoms with Gasteiger partial charge in [0.2, 0.25) is 0 Å². The molecule has 1 N–H and O–H groups in total. The second kappa shape index (κ2) is 5.95. The molecule has 1 saturated carbocycles. The van der Waals surface area contributed by atoms with Gasteiger partial charge in [-0.3, -0.25) is 4.79 Å². The molecule has 3 nitrogen and oxygen atoms in total. The summed E-state index contributed by atoms with van der Waals surface area (Å²) in [6.07, 6.45) is 4.64. The first-order valence-electron chi connectivity index (χ1n) is 7.22. The standard InChI is InChI=1S/C17H19NO2/c19-17(18-15-7-3-4-8-15)12-20-16-10-9-13-5-1-2-6-14(13)11-16/h1-2,5-6,9-11,15H,3-4,7-8,12H2,(H,18,19). The Labute approximate surface area is 118 Å². The van der Waals surface area contributed by atoms with Crippen molar-refractivity contribution in [1.29, 1.82) is 0 Å². The van der Waals surface area contributed by atoms with E-state index in [1.54, 1.807) is 0 Å². The van der Waals surface area contributed by atoms with Crippen molar-refractivity contribution in [3.63, 3.8) is 0 Å². The van der Waals surface area contributed by atoms with Crippen LogP contribution in [-0.4, -0.2) is 18.6 Å². The van der Waals surface area contributed by atoms with Gasteiger partial charge in [0.25, 0.3) is 5.91 Å². The molecule has 0 bridgehead atoms. The van der Waals surface area contributed by atoms with E-state index in [1.165, 1.54) is 18.2 Å². The smallest absolute Gasteiger partial charge is 0.258 e. The highest BCUT2D eigenvalue weighted by atomic mass is 16.5. The molecule has 0 aliphatic heterocycles. The molecule has 20 heavy (non-hydrogen) atoms. The molecule has 0 atom stereocenters. The summed E-state index contributed by atoms with van der Waals surface area (Å²) >= 11 is 0. The Morgan fingerprint density at radius 1 is 1.10 bits per heavy atom. The summed E-state index contributed by atoms with van der Waals surface area (Å²) in [5.74, 6) is 0.718.